The normalized spacial score (nSPS) is 30.0. The molecule has 2 bridgehead atoms. The fourth-order valence-electron chi connectivity index (χ4n) is 3.58. The molecule has 0 saturated carbocycles. The van der Waals surface area contributed by atoms with Gasteiger partial charge in [0.15, 0.2) is 27.3 Å². The van der Waals surface area contributed by atoms with Gasteiger partial charge in [-0.25, -0.2) is 21.6 Å². The molecular weight excluding hydrogens is 317 g/mol. The smallest absolute Gasteiger partial charge is 0.172 e. The van der Waals surface area contributed by atoms with Crippen molar-refractivity contribution in [3.05, 3.63) is 35.1 Å². The highest BCUT2D eigenvalue weighted by molar-refractivity contribution is 7.92. The van der Waals surface area contributed by atoms with Crippen LogP contribution in [-0.2, 0) is 9.84 Å². The molecule has 22 heavy (non-hydrogen) atoms. The molecule has 0 spiro atoms. The van der Waals surface area contributed by atoms with Crippen LogP contribution in [0.3, 0.4) is 0 Å². The molecule has 120 valence electrons. The molecule has 2 aliphatic heterocycles. The summed E-state index contributed by atoms with van der Waals surface area (Å²) < 4.78 is 65.1. The van der Waals surface area contributed by atoms with Crippen molar-refractivity contribution < 1.29 is 26.4 Å². The fourth-order valence-corrected chi connectivity index (χ4v) is 6.12. The van der Waals surface area contributed by atoms with Gasteiger partial charge in [0.1, 0.15) is 5.82 Å². The number of sulfone groups is 1. The lowest BCUT2D eigenvalue weighted by Crippen LogP contribution is -2.45. The first-order valence-electron chi connectivity index (χ1n) is 7.22. The van der Waals surface area contributed by atoms with Crippen molar-refractivity contribution in [2.45, 2.75) is 42.6 Å². The van der Waals surface area contributed by atoms with Gasteiger partial charge in [-0.15, -0.1) is 0 Å². The van der Waals surface area contributed by atoms with Crippen LogP contribution in [0.25, 0.3) is 0 Å². The van der Waals surface area contributed by atoms with E-state index >= 15 is 0 Å². The third kappa shape index (κ3) is 2.35. The molecule has 1 aromatic carbocycles. The van der Waals surface area contributed by atoms with Crippen molar-refractivity contribution in [3.8, 4) is 0 Å². The topological polar surface area (TPSA) is 51.2 Å². The van der Waals surface area contributed by atoms with Gasteiger partial charge in [-0.2, -0.15) is 0 Å². The van der Waals surface area contributed by atoms with Crippen LogP contribution in [0.15, 0.2) is 12.1 Å². The minimum Gasteiger partial charge on any atom is -0.294 e. The first-order chi connectivity index (χ1) is 10.3. The summed E-state index contributed by atoms with van der Waals surface area (Å²) in [5, 5.41) is -1.26. The summed E-state index contributed by atoms with van der Waals surface area (Å²) in [5.41, 5.74) is -0.887. The highest BCUT2D eigenvalue weighted by atomic mass is 32.2. The van der Waals surface area contributed by atoms with E-state index < -0.39 is 55.1 Å². The van der Waals surface area contributed by atoms with Gasteiger partial charge in [-0.05, 0) is 37.8 Å². The molecule has 2 unspecified atom stereocenters. The SMILES string of the molecule is O=C(c1c(F)ccc(F)c1F)C1CC2CCCC(C1)S2(=O)=O. The fraction of sp³-hybridized carbons (Fsp3) is 0.533. The van der Waals surface area contributed by atoms with E-state index in [4.69, 9.17) is 0 Å². The Bertz CT molecular complexity index is 710. The number of Topliss-reactive ketones (excluding diaryl/α,β-unsaturated/α-hetero) is 1. The Balaban J connectivity index is 1.94. The van der Waals surface area contributed by atoms with E-state index in [0.717, 1.165) is 6.42 Å². The largest absolute Gasteiger partial charge is 0.294 e. The van der Waals surface area contributed by atoms with Crippen LogP contribution in [0.4, 0.5) is 13.2 Å². The summed E-state index contributed by atoms with van der Waals surface area (Å²) in [7, 11) is -3.26. The van der Waals surface area contributed by atoms with Crippen molar-refractivity contribution in [1.29, 1.82) is 0 Å². The molecule has 1 aromatic rings. The zero-order chi connectivity index (χ0) is 16.1. The van der Waals surface area contributed by atoms with Crippen molar-refractivity contribution in [3.63, 3.8) is 0 Å². The van der Waals surface area contributed by atoms with Crippen LogP contribution in [0.1, 0.15) is 42.5 Å². The van der Waals surface area contributed by atoms with Gasteiger partial charge in [-0.1, -0.05) is 6.42 Å². The second kappa shape index (κ2) is 5.37. The summed E-state index contributed by atoms with van der Waals surface area (Å²) in [6.07, 6.45) is 1.84. The zero-order valence-electron chi connectivity index (χ0n) is 11.7. The van der Waals surface area contributed by atoms with Crippen molar-refractivity contribution in [2.75, 3.05) is 0 Å². The van der Waals surface area contributed by atoms with Crippen LogP contribution >= 0.6 is 0 Å². The maximum Gasteiger partial charge on any atom is 0.172 e. The van der Waals surface area contributed by atoms with Crippen molar-refractivity contribution >= 4 is 15.6 Å². The second-order valence-electron chi connectivity index (χ2n) is 6.01. The number of ketones is 1. The van der Waals surface area contributed by atoms with Gasteiger partial charge in [0.05, 0.1) is 16.1 Å². The lowest BCUT2D eigenvalue weighted by Gasteiger charge is -2.38. The Morgan fingerprint density at radius 2 is 1.55 bits per heavy atom. The number of fused-ring (bicyclic) bond motifs is 2. The number of hydrogen-bond donors (Lipinski definition) is 0. The van der Waals surface area contributed by atoms with E-state index in [1.54, 1.807) is 0 Å². The van der Waals surface area contributed by atoms with Crippen LogP contribution in [-0.4, -0.2) is 24.7 Å². The predicted molar refractivity (Wildman–Crippen MR) is 73.7 cm³/mol. The first-order valence-corrected chi connectivity index (χ1v) is 8.83. The molecule has 2 aliphatic rings. The molecule has 2 heterocycles. The van der Waals surface area contributed by atoms with Gasteiger partial charge in [0, 0.05) is 5.92 Å². The van der Waals surface area contributed by atoms with E-state index in [0.29, 0.717) is 25.0 Å². The lowest BCUT2D eigenvalue weighted by molar-refractivity contribution is 0.0884. The molecule has 2 saturated heterocycles. The Morgan fingerprint density at radius 1 is 1.00 bits per heavy atom. The number of halogens is 3. The maximum atomic E-state index is 13.8. The van der Waals surface area contributed by atoms with Gasteiger partial charge in [0.25, 0.3) is 0 Å². The van der Waals surface area contributed by atoms with Crippen molar-refractivity contribution in [2.24, 2.45) is 5.92 Å². The summed E-state index contributed by atoms with van der Waals surface area (Å²) in [6.45, 7) is 0. The van der Waals surface area contributed by atoms with Crippen LogP contribution < -0.4 is 0 Å². The Hall–Kier alpha value is -1.37. The van der Waals surface area contributed by atoms with E-state index in [1.807, 2.05) is 0 Å². The van der Waals surface area contributed by atoms with E-state index in [9.17, 15) is 26.4 Å². The molecule has 2 fully saturated rings. The monoisotopic (exact) mass is 332 g/mol. The summed E-state index contributed by atoms with van der Waals surface area (Å²) >= 11 is 0. The molecule has 3 rings (SSSR count). The molecule has 3 nitrogen and oxygen atoms in total. The Kier molecular flexibility index (Phi) is 3.79. The molecule has 0 N–H and O–H groups in total. The minimum atomic E-state index is -3.26. The van der Waals surface area contributed by atoms with Crippen LogP contribution in [0.5, 0.6) is 0 Å². The third-order valence-corrected chi connectivity index (χ3v) is 7.45. The van der Waals surface area contributed by atoms with Gasteiger partial charge in [-0.3, -0.25) is 4.79 Å². The Morgan fingerprint density at radius 3 is 2.14 bits per heavy atom. The lowest BCUT2D eigenvalue weighted by atomic mass is 9.84. The molecule has 0 radical (unpaired) electrons. The predicted octanol–water partition coefficient (Wildman–Crippen LogP) is 3.03. The number of carbonyl (C=O) groups excluding carboxylic acids is 1. The van der Waals surface area contributed by atoms with Crippen LogP contribution in [0.2, 0.25) is 0 Å². The number of rotatable bonds is 2. The number of benzene rings is 1. The summed E-state index contributed by atoms with van der Waals surface area (Å²) in [6, 6.07) is 1.34. The third-order valence-electron chi connectivity index (χ3n) is 4.74. The molecule has 7 heteroatoms. The number of carbonyl (C=O) groups is 1. The van der Waals surface area contributed by atoms with E-state index in [2.05, 4.69) is 0 Å². The van der Waals surface area contributed by atoms with Crippen LogP contribution in [0, 0.1) is 23.4 Å². The first kappa shape index (κ1) is 15.5. The van der Waals surface area contributed by atoms with Crippen molar-refractivity contribution in [1.82, 2.24) is 0 Å². The molecule has 0 aliphatic carbocycles. The quantitative estimate of drug-likeness (QED) is 0.618. The minimum absolute atomic E-state index is 0.0626. The standard InChI is InChI=1S/C15H15F3O3S/c16-11-4-5-12(17)14(18)13(11)15(19)8-6-9-2-1-3-10(7-8)22(9,20)21/h4-5,8-10H,1-3,6-7H2. The highest BCUT2D eigenvalue weighted by Crippen LogP contribution is 2.40. The Labute approximate surface area is 126 Å². The number of hydrogen-bond acceptors (Lipinski definition) is 3. The van der Waals surface area contributed by atoms with Gasteiger partial charge in [0.2, 0.25) is 0 Å². The van der Waals surface area contributed by atoms with E-state index in [-0.39, 0.29) is 12.8 Å². The summed E-state index contributed by atoms with van der Waals surface area (Å²) in [5.74, 6) is -5.50. The molecule has 2 atom stereocenters. The highest BCUT2D eigenvalue weighted by Gasteiger charge is 2.46. The molecule has 0 amide bonds. The van der Waals surface area contributed by atoms with Gasteiger partial charge < -0.3 is 0 Å². The summed E-state index contributed by atoms with van der Waals surface area (Å²) in [4.78, 5) is 12.4. The van der Waals surface area contributed by atoms with E-state index in [1.165, 1.54) is 0 Å². The molecular formula is C15H15F3O3S. The second-order valence-corrected chi connectivity index (χ2v) is 8.53. The maximum absolute atomic E-state index is 13.8. The van der Waals surface area contributed by atoms with Gasteiger partial charge >= 0.3 is 0 Å². The molecule has 0 aromatic heterocycles. The zero-order valence-corrected chi connectivity index (χ0v) is 12.5. The average Bonchev–Trinajstić information content (AvgIpc) is 2.42. The average molecular weight is 332 g/mol.